The molecule has 0 fully saturated rings. The number of aliphatic carboxylic acids is 1. The zero-order valence-corrected chi connectivity index (χ0v) is 15.7. The lowest BCUT2D eigenvalue weighted by Gasteiger charge is -2.41. The maximum absolute atomic E-state index is 13.0. The van der Waals surface area contributed by atoms with Crippen molar-refractivity contribution in [1.29, 1.82) is 0 Å². The molecule has 0 aliphatic carbocycles. The predicted molar refractivity (Wildman–Crippen MR) is 105 cm³/mol. The van der Waals surface area contributed by atoms with E-state index in [1.54, 1.807) is 48.4 Å². The van der Waals surface area contributed by atoms with E-state index in [-0.39, 0.29) is 31.2 Å². The maximum Gasteiger partial charge on any atom is 0.305 e. The SMILES string of the molecule is CC1(C(=O)Nc2ccc(C(=O)NCCC(=O)O)cc2)CC(=O)N=C2C=CC=CN21. The van der Waals surface area contributed by atoms with Crippen molar-refractivity contribution in [2.24, 2.45) is 4.99 Å². The molecule has 0 spiro atoms. The van der Waals surface area contributed by atoms with Gasteiger partial charge in [0, 0.05) is 24.0 Å². The van der Waals surface area contributed by atoms with Crippen molar-refractivity contribution < 1.29 is 24.3 Å². The number of benzene rings is 1. The Balaban J connectivity index is 1.67. The first-order valence-corrected chi connectivity index (χ1v) is 8.97. The fourth-order valence-electron chi connectivity index (χ4n) is 3.03. The van der Waals surface area contributed by atoms with E-state index < -0.39 is 17.4 Å². The normalized spacial score (nSPS) is 20.0. The first-order chi connectivity index (χ1) is 13.8. The van der Waals surface area contributed by atoms with Crippen LogP contribution in [0.1, 0.15) is 30.1 Å². The molecule has 0 aromatic heterocycles. The van der Waals surface area contributed by atoms with Crippen LogP contribution in [0, 0.1) is 0 Å². The number of hydrogen-bond acceptors (Lipinski definition) is 5. The number of allylic oxidation sites excluding steroid dienone is 2. The average molecular weight is 396 g/mol. The minimum Gasteiger partial charge on any atom is -0.481 e. The summed E-state index contributed by atoms with van der Waals surface area (Å²) < 4.78 is 0. The molecule has 3 amide bonds. The van der Waals surface area contributed by atoms with Gasteiger partial charge < -0.3 is 20.6 Å². The summed E-state index contributed by atoms with van der Waals surface area (Å²) in [7, 11) is 0. The number of carboxylic acid groups (broad SMARTS) is 1. The number of fused-ring (bicyclic) bond motifs is 1. The molecule has 1 aromatic rings. The number of hydrogen-bond donors (Lipinski definition) is 3. The van der Waals surface area contributed by atoms with Crippen molar-refractivity contribution in [1.82, 2.24) is 10.2 Å². The Hall–Kier alpha value is -3.75. The third-order valence-corrected chi connectivity index (χ3v) is 4.62. The lowest BCUT2D eigenvalue weighted by molar-refractivity contribution is -0.136. The summed E-state index contributed by atoms with van der Waals surface area (Å²) in [5, 5.41) is 13.9. The topological polar surface area (TPSA) is 128 Å². The number of nitrogens with one attached hydrogen (secondary N) is 2. The van der Waals surface area contributed by atoms with Gasteiger partial charge in [-0.3, -0.25) is 19.2 Å². The summed E-state index contributed by atoms with van der Waals surface area (Å²) in [4.78, 5) is 53.1. The van der Waals surface area contributed by atoms with Gasteiger partial charge in [0.25, 0.3) is 17.7 Å². The molecule has 1 atom stereocenters. The highest BCUT2D eigenvalue weighted by Crippen LogP contribution is 2.29. The van der Waals surface area contributed by atoms with Crippen molar-refractivity contribution in [3.63, 3.8) is 0 Å². The van der Waals surface area contributed by atoms with E-state index in [9.17, 15) is 19.2 Å². The van der Waals surface area contributed by atoms with Crippen molar-refractivity contribution in [3.8, 4) is 0 Å². The Labute approximate surface area is 166 Å². The van der Waals surface area contributed by atoms with Gasteiger partial charge in [0.15, 0.2) is 0 Å². The van der Waals surface area contributed by atoms with Crippen LogP contribution in [-0.4, -0.2) is 51.6 Å². The highest BCUT2D eigenvalue weighted by atomic mass is 16.4. The number of aliphatic imine (C=N–C) groups is 1. The van der Waals surface area contributed by atoms with Crippen LogP contribution in [0.4, 0.5) is 5.69 Å². The first-order valence-electron chi connectivity index (χ1n) is 8.97. The van der Waals surface area contributed by atoms with Crippen molar-refractivity contribution in [2.75, 3.05) is 11.9 Å². The Bertz CT molecular complexity index is 948. The molecular weight excluding hydrogens is 376 g/mol. The number of amidine groups is 1. The summed E-state index contributed by atoms with van der Waals surface area (Å²) in [6, 6.07) is 6.19. The van der Waals surface area contributed by atoms with Crippen LogP contribution in [0.25, 0.3) is 0 Å². The van der Waals surface area contributed by atoms with Gasteiger partial charge >= 0.3 is 5.97 Å². The van der Waals surface area contributed by atoms with Crippen LogP contribution in [0.5, 0.6) is 0 Å². The molecule has 150 valence electrons. The minimum atomic E-state index is -1.14. The molecule has 0 saturated heterocycles. The number of rotatable bonds is 6. The third-order valence-electron chi connectivity index (χ3n) is 4.62. The molecule has 2 heterocycles. The van der Waals surface area contributed by atoms with Crippen LogP contribution in [0.3, 0.4) is 0 Å². The minimum absolute atomic E-state index is 0.0285. The molecule has 9 heteroatoms. The highest BCUT2D eigenvalue weighted by molar-refractivity contribution is 6.12. The summed E-state index contributed by atoms with van der Waals surface area (Å²) >= 11 is 0. The van der Waals surface area contributed by atoms with Crippen LogP contribution in [0.15, 0.2) is 53.7 Å². The van der Waals surface area contributed by atoms with Gasteiger partial charge in [-0.2, -0.15) is 4.99 Å². The van der Waals surface area contributed by atoms with E-state index in [0.29, 0.717) is 17.1 Å². The smallest absolute Gasteiger partial charge is 0.305 e. The summed E-state index contributed by atoms with van der Waals surface area (Å²) in [6.07, 6.45) is 6.65. The van der Waals surface area contributed by atoms with Gasteiger partial charge in [0.1, 0.15) is 11.4 Å². The van der Waals surface area contributed by atoms with Crippen molar-refractivity contribution in [2.45, 2.75) is 25.3 Å². The van der Waals surface area contributed by atoms with Crippen LogP contribution >= 0.6 is 0 Å². The van der Waals surface area contributed by atoms with E-state index in [1.165, 1.54) is 12.1 Å². The second-order valence-electron chi connectivity index (χ2n) is 6.82. The molecular formula is C20H20N4O5. The van der Waals surface area contributed by atoms with Crippen LogP contribution in [-0.2, 0) is 14.4 Å². The Kier molecular flexibility index (Phi) is 5.58. The lowest BCUT2D eigenvalue weighted by atomic mass is 9.91. The fraction of sp³-hybridized carbons (Fsp3) is 0.250. The van der Waals surface area contributed by atoms with Crippen LogP contribution < -0.4 is 10.6 Å². The fourth-order valence-corrected chi connectivity index (χ4v) is 3.03. The van der Waals surface area contributed by atoms with Gasteiger partial charge in [-0.05, 0) is 43.3 Å². The molecule has 3 N–H and O–H groups in total. The first kappa shape index (κ1) is 20.0. The van der Waals surface area contributed by atoms with Crippen LogP contribution in [0.2, 0.25) is 0 Å². The van der Waals surface area contributed by atoms with Gasteiger partial charge in [-0.15, -0.1) is 0 Å². The van der Waals surface area contributed by atoms with Gasteiger partial charge in [0.05, 0.1) is 12.8 Å². The molecule has 9 nitrogen and oxygen atoms in total. The molecule has 0 bridgehead atoms. The van der Waals surface area contributed by atoms with E-state index >= 15 is 0 Å². The number of carboxylic acids is 1. The Morgan fingerprint density at radius 2 is 1.93 bits per heavy atom. The molecule has 0 saturated carbocycles. The standard InChI is InChI=1S/C20H20N4O5/c1-20(12-16(25)23-15-4-2-3-11-24(15)20)19(29)22-14-7-5-13(6-8-14)18(28)21-10-9-17(26)27/h2-8,11H,9-10,12H2,1H3,(H,21,28)(H,22,29)(H,26,27). The predicted octanol–water partition coefficient (Wildman–Crippen LogP) is 1.30. The average Bonchev–Trinajstić information content (AvgIpc) is 2.68. The summed E-state index contributed by atoms with van der Waals surface area (Å²) in [5.74, 6) is -1.74. The summed E-state index contributed by atoms with van der Waals surface area (Å²) in [6.45, 7) is 1.70. The highest BCUT2D eigenvalue weighted by Gasteiger charge is 2.45. The zero-order chi connectivity index (χ0) is 21.0. The van der Waals surface area contributed by atoms with E-state index in [0.717, 1.165) is 0 Å². The molecule has 0 radical (unpaired) electrons. The van der Waals surface area contributed by atoms with E-state index in [2.05, 4.69) is 15.6 Å². The zero-order valence-electron chi connectivity index (χ0n) is 15.7. The largest absolute Gasteiger partial charge is 0.481 e. The second-order valence-corrected chi connectivity index (χ2v) is 6.82. The molecule has 2 aliphatic rings. The Morgan fingerprint density at radius 3 is 2.62 bits per heavy atom. The number of anilines is 1. The molecule has 3 rings (SSSR count). The van der Waals surface area contributed by atoms with Crippen molar-refractivity contribution >= 4 is 35.2 Å². The molecule has 29 heavy (non-hydrogen) atoms. The third kappa shape index (κ3) is 4.40. The summed E-state index contributed by atoms with van der Waals surface area (Å²) in [5.41, 5.74) is -0.334. The van der Waals surface area contributed by atoms with Gasteiger partial charge in [-0.1, -0.05) is 6.08 Å². The van der Waals surface area contributed by atoms with Gasteiger partial charge in [-0.25, -0.2) is 0 Å². The number of carbonyl (C=O) groups is 4. The second kappa shape index (κ2) is 8.09. The quantitative estimate of drug-likeness (QED) is 0.665. The molecule has 2 aliphatic heterocycles. The van der Waals surface area contributed by atoms with E-state index in [4.69, 9.17) is 5.11 Å². The van der Waals surface area contributed by atoms with Gasteiger partial charge in [0.2, 0.25) is 0 Å². The number of carbonyl (C=O) groups excluding carboxylic acids is 3. The Morgan fingerprint density at radius 1 is 1.21 bits per heavy atom. The monoisotopic (exact) mass is 396 g/mol. The molecule has 1 aromatic carbocycles. The van der Waals surface area contributed by atoms with Crippen molar-refractivity contribution in [3.05, 3.63) is 54.3 Å². The lowest BCUT2D eigenvalue weighted by Crippen LogP contribution is -2.58. The molecule has 1 unspecified atom stereocenters. The number of amides is 3. The maximum atomic E-state index is 13.0. The number of nitrogens with zero attached hydrogens (tertiary/aromatic N) is 2. The van der Waals surface area contributed by atoms with E-state index in [1.807, 2.05) is 0 Å².